The van der Waals surface area contributed by atoms with Crippen molar-refractivity contribution in [3.05, 3.63) is 28.8 Å². The number of hydrogen-bond donors (Lipinski definition) is 2. The first-order valence-corrected chi connectivity index (χ1v) is 6.22. The summed E-state index contributed by atoms with van der Waals surface area (Å²) >= 11 is 11.1. The van der Waals surface area contributed by atoms with Crippen LogP contribution in [-0.2, 0) is 4.74 Å². The Morgan fingerprint density at radius 1 is 1.47 bits per heavy atom. The van der Waals surface area contributed by atoms with E-state index in [0.717, 1.165) is 30.8 Å². The zero-order valence-electron chi connectivity index (χ0n) is 10.0. The molecule has 5 heteroatoms. The number of methoxy groups -OCH3 is 1. The highest BCUT2D eigenvalue weighted by Crippen LogP contribution is 2.19. The Kier molecular flexibility index (Phi) is 6.26. The molecule has 1 aromatic carbocycles. The average molecular weight is 273 g/mol. The fourth-order valence-electron chi connectivity index (χ4n) is 1.31. The number of anilines is 1. The van der Waals surface area contributed by atoms with Crippen LogP contribution in [0.5, 0.6) is 0 Å². The van der Waals surface area contributed by atoms with Crippen molar-refractivity contribution in [2.75, 3.05) is 25.6 Å². The molecule has 2 N–H and O–H groups in total. The Balaban J connectivity index is 2.42. The minimum atomic E-state index is 0.603. The topological polar surface area (TPSA) is 33.3 Å². The lowest BCUT2D eigenvalue weighted by Crippen LogP contribution is -2.30. The van der Waals surface area contributed by atoms with Gasteiger partial charge < -0.3 is 15.4 Å². The molecular weight excluding hydrogens is 256 g/mol. The molecule has 0 saturated heterocycles. The predicted molar refractivity (Wildman–Crippen MR) is 76.9 cm³/mol. The first-order valence-electron chi connectivity index (χ1n) is 5.43. The van der Waals surface area contributed by atoms with Crippen molar-refractivity contribution in [1.29, 1.82) is 0 Å². The second-order valence-corrected chi connectivity index (χ2v) is 4.53. The van der Waals surface area contributed by atoms with Crippen LogP contribution in [0.2, 0.25) is 5.02 Å². The summed E-state index contributed by atoms with van der Waals surface area (Å²) in [6.45, 7) is 3.53. The van der Waals surface area contributed by atoms with Gasteiger partial charge in [0, 0.05) is 31.0 Å². The van der Waals surface area contributed by atoms with Crippen LogP contribution in [0.15, 0.2) is 18.2 Å². The highest BCUT2D eigenvalue weighted by molar-refractivity contribution is 7.80. The Bertz CT molecular complexity index is 385. The zero-order chi connectivity index (χ0) is 12.7. The van der Waals surface area contributed by atoms with Gasteiger partial charge in [-0.3, -0.25) is 0 Å². The van der Waals surface area contributed by atoms with Crippen molar-refractivity contribution >= 4 is 34.6 Å². The van der Waals surface area contributed by atoms with Crippen molar-refractivity contribution in [3.8, 4) is 0 Å². The molecule has 1 rings (SSSR count). The Morgan fingerprint density at radius 3 is 2.94 bits per heavy atom. The number of aryl methyl sites for hydroxylation is 1. The molecule has 0 aliphatic heterocycles. The van der Waals surface area contributed by atoms with Gasteiger partial charge in [-0.2, -0.15) is 0 Å². The van der Waals surface area contributed by atoms with Crippen LogP contribution in [0.3, 0.4) is 0 Å². The summed E-state index contributed by atoms with van der Waals surface area (Å²) < 4.78 is 4.96. The highest BCUT2D eigenvalue weighted by Gasteiger charge is 2.01. The van der Waals surface area contributed by atoms with Gasteiger partial charge in [-0.1, -0.05) is 17.7 Å². The maximum Gasteiger partial charge on any atom is 0.170 e. The summed E-state index contributed by atoms with van der Waals surface area (Å²) in [5, 5.41) is 7.53. The molecule has 1 aromatic rings. The van der Waals surface area contributed by atoms with Gasteiger partial charge in [-0.05, 0) is 43.3 Å². The fourth-order valence-corrected chi connectivity index (χ4v) is 1.70. The molecule has 0 amide bonds. The molecule has 94 valence electrons. The van der Waals surface area contributed by atoms with Crippen molar-refractivity contribution in [3.63, 3.8) is 0 Å². The monoisotopic (exact) mass is 272 g/mol. The van der Waals surface area contributed by atoms with E-state index in [1.807, 2.05) is 25.1 Å². The van der Waals surface area contributed by atoms with Crippen LogP contribution in [0.1, 0.15) is 12.0 Å². The van der Waals surface area contributed by atoms with E-state index in [2.05, 4.69) is 10.6 Å². The number of benzene rings is 1. The number of hydrogen-bond acceptors (Lipinski definition) is 2. The maximum atomic E-state index is 5.93. The molecule has 0 aliphatic rings. The van der Waals surface area contributed by atoms with Crippen LogP contribution in [0, 0.1) is 6.92 Å². The van der Waals surface area contributed by atoms with E-state index in [0.29, 0.717) is 10.1 Å². The van der Waals surface area contributed by atoms with Crippen LogP contribution in [0.25, 0.3) is 0 Å². The van der Waals surface area contributed by atoms with Crippen LogP contribution >= 0.6 is 23.8 Å². The summed E-state index contributed by atoms with van der Waals surface area (Å²) in [6.07, 6.45) is 0.923. The lowest BCUT2D eigenvalue weighted by molar-refractivity contribution is 0.196. The van der Waals surface area contributed by atoms with Gasteiger partial charge in [-0.15, -0.1) is 0 Å². The quantitative estimate of drug-likeness (QED) is 0.638. The molecule has 3 nitrogen and oxygen atoms in total. The lowest BCUT2D eigenvalue weighted by Gasteiger charge is -2.12. The van der Waals surface area contributed by atoms with E-state index in [-0.39, 0.29) is 0 Å². The van der Waals surface area contributed by atoms with Gasteiger partial charge in [0.2, 0.25) is 0 Å². The molecule has 0 bridgehead atoms. The number of nitrogens with one attached hydrogen (secondary N) is 2. The van der Waals surface area contributed by atoms with Gasteiger partial charge in [0.1, 0.15) is 0 Å². The molecule has 0 fully saturated rings. The van der Waals surface area contributed by atoms with Gasteiger partial charge in [0.25, 0.3) is 0 Å². The molecule has 17 heavy (non-hydrogen) atoms. The molecule has 0 spiro atoms. The van der Waals surface area contributed by atoms with Crippen molar-refractivity contribution in [1.82, 2.24) is 5.32 Å². The minimum Gasteiger partial charge on any atom is -0.385 e. The highest BCUT2D eigenvalue weighted by atomic mass is 35.5. The van der Waals surface area contributed by atoms with Crippen LogP contribution < -0.4 is 10.6 Å². The maximum absolute atomic E-state index is 5.93. The third kappa shape index (κ3) is 5.35. The van der Waals surface area contributed by atoms with E-state index in [4.69, 9.17) is 28.6 Å². The van der Waals surface area contributed by atoms with Gasteiger partial charge >= 0.3 is 0 Å². The second kappa shape index (κ2) is 7.48. The minimum absolute atomic E-state index is 0.603. The molecule has 0 radical (unpaired) electrons. The summed E-state index contributed by atoms with van der Waals surface area (Å²) in [5.41, 5.74) is 2.04. The van der Waals surface area contributed by atoms with E-state index in [1.54, 1.807) is 7.11 Å². The number of rotatable bonds is 5. The Hall–Kier alpha value is -0.840. The third-order valence-corrected chi connectivity index (χ3v) is 2.74. The summed E-state index contributed by atoms with van der Waals surface area (Å²) in [4.78, 5) is 0. The van der Waals surface area contributed by atoms with Gasteiger partial charge in [0.05, 0.1) is 0 Å². The van der Waals surface area contributed by atoms with E-state index >= 15 is 0 Å². The number of halogens is 1. The molecule has 0 heterocycles. The lowest BCUT2D eigenvalue weighted by atomic mass is 10.2. The largest absolute Gasteiger partial charge is 0.385 e. The predicted octanol–water partition coefficient (Wildman–Crippen LogP) is 2.97. The van der Waals surface area contributed by atoms with Gasteiger partial charge in [-0.25, -0.2) is 0 Å². The van der Waals surface area contributed by atoms with Gasteiger partial charge in [0.15, 0.2) is 5.11 Å². The van der Waals surface area contributed by atoms with Crippen LogP contribution in [-0.4, -0.2) is 25.4 Å². The molecule has 0 saturated carbocycles. The van der Waals surface area contributed by atoms with E-state index in [1.165, 1.54) is 0 Å². The molecule has 0 unspecified atom stereocenters. The normalized spacial score (nSPS) is 10.1. The number of ether oxygens (including phenoxy) is 1. The van der Waals surface area contributed by atoms with Crippen molar-refractivity contribution < 1.29 is 4.74 Å². The first kappa shape index (κ1) is 14.2. The molecular formula is C12H17ClN2OS. The molecule has 0 aromatic heterocycles. The van der Waals surface area contributed by atoms with Crippen molar-refractivity contribution in [2.24, 2.45) is 0 Å². The van der Waals surface area contributed by atoms with E-state index < -0.39 is 0 Å². The smallest absolute Gasteiger partial charge is 0.170 e. The SMILES string of the molecule is COCCCNC(=S)Nc1cc(Cl)ccc1C. The Morgan fingerprint density at radius 2 is 2.24 bits per heavy atom. The standard InChI is InChI=1S/C12H17ClN2OS/c1-9-4-5-10(13)8-11(9)15-12(17)14-6-3-7-16-2/h4-5,8H,3,6-7H2,1-2H3,(H2,14,15,17). The summed E-state index contributed by atoms with van der Waals surface area (Å²) in [6, 6.07) is 5.68. The average Bonchev–Trinajstić information content (AvgIpc) is 2.29. The van der Waals surface area contributed by atoms with Crippen LogP contribution in [0.4, 0.5) is 5.69 Å². The molecule has 0 atom stereocenters. The Labute approximate surface area is 112 Å². The van der Waals surface area contributed by atoms with Crippen molar-refractivity contribution in [2.45, 2.75) is 13.3 Å². The fraction of sp³-hybridized carbons (Fsp3) is 0.417. The second-order valence-electron chi connectivity index (χ2n) is 3.69. The third-order valence-electron chi connectivity index (χ3n) is 2.26. The molecule has 0 aliphatic carbocycles. The van der Waals surface area contributed by atoms with E-state index in [9.17, 15) is 0 Å². The summed E-state index contributed by atoms with van der Waals surface area (Å²) in [5.74, 6) is 0. The number of thiocarbonyl (C=S) groups is 1. The summed E-state index contributed by atoms with van der Waals surface area (Å²) in [7, 11) is 1.69. The first-order chi connectivity index (χ1) is 8.13. The zero-order valence-corrected chi connectivity index (χ0v) is 11.6.